The second-order valence-corrected chi connectivity index (χ2v) is 6.02. The maximum absolute atomic E-state index is 12.3. The van der Waals surface area contributed by atoms with Crippen molar-refractivity contribution in [3.8, 4) is 11.8 Å². The fourth-order valence-electron chi connectivity index (χ4n) is 1.74. The van der Waals surface area contributed by atoms with E-state index < -0.39 is 11.4 Å². The van der Waals surface area contributed by atoms with Crippen LogP contribution in [-0.2, 0) is 4.79 Å². The van der Waals surface area contributed by atoms with Crippen LogP contribution in [0.5, 0.6) is 0 Å². The van der Waals surface area contributed by atoms with E-state index in [9.17, 15) is 9.59 Å². The summed E-state index contributed by atoms with van der Waals surface area (Å²) >= 11 is 0. The molecule has 0 aliphatic heterocycles. The predicted molar refractivity (Wildman–Crippen MR) is 87.8 cm³/mol. The first kappa shape index (κ1) is 17.8. The van der Waals surface area contributed by atoms with Gasteiger partial charge in [-0.25, -0.2) is 5.01 Å². The van der Waals surface area contributed by atoms with Gasteiger partial charge in [0.15, 0.2) is 0 Å². The Labute approximate surface area is 132 Å². The number of rotatable bonds is 3. The molecule has 1 aromatic carbocycles. The standard InChI is InChI=1S/C18H24N2O2/c1-5-6-7-11-14-16(21)20(18(2,3)4)19-17(22)15-12-9-8-10-13-15/h8-10,12-13H,5-7H2,1-4H3,(H,19,22). The van der Waals surface area contributed by atoms with Gasteiger partial charge in [0.1, 0.15) is 0 Å². The van der Waals surface area contributed by atoms with Gasteiger partial charge >= 0.3 is 5.91 Å². The minimum Gasteiger partial charge on any atom is -0.267 e. The van der Waals surface area contributed by atoms with Crippen LogP contribution in [-0.4, -0.2) is 22.4 Å². The SMILES string of the molecule is CCCCC#CC(=O)N(NC(=O)c1ccccc1)C(C)(C)C. The van der Waals surface area contributed by atoms with Crippen molar-refractivity contribution in [3.05, 3.63) is 35.9 Å². The van der Waals surface area contributed by atoms with Gasteiger partial charge in [-0.2, -0.15) is 0 Å². The van der Waals surface area contributed by atoms with Crippen LogP contribution in [0.3, 0.4) is 0 Å². The Morgan fingerprint density at radius 2 is 1.82 bits per heavy atom. The Hall–Kier alpha value is -2.28. The zero-order valence-corrected chi connectivity index (χ0v) is 13.8. The molecule has 4 heteroatoms. The normalized spacial score (nSPS) is 10.4. The molecule has 0 atom stereocenters. The molecule has 0 aliphatic carbocycles. The predicted octanol–water partition coefficient (Wildman–Crippen LogP) is 3.15. The summed E-state index contributed by atoms with van der Waals surface area (Å²) in [4.78, 5) is 24.5. The van der Waals surface area contributed by atoms with E-state index in [-0.39, 0.29) is 5.91 Å². The number of hydrogen-bond acceptors (Lipinski definition) is 2. The molecule has 0 heterocycles. The van der Waals surface area contributed by atoms with Crippen molar-refractivity contribution in [3.63, 3.8) is 0 Å². The highest BCUT2D eigenvalue weighted by molar-refractivity contribution is 5.99. The van der Waals surface area contributed by atoms with Gasteiger partial charge in [0.05, 0.1) is 5.54 Å². The summed E-state index contributed by atoms with van der Waals surface area (Å²) < 4.78 is 0. The first-order valence-electron chi connectivity index (χ1n) is 7.55. The minimum absolute atomic E-state index is 0.320. The van der Waals surface area contributed by atoms with Crippen LogP contribution in [0, 0.1) is 11.8 Å². The van der Waals surface area contributed by atoms with E-state index in [0.717, 1.165) is 12.8 Å². The van der Waals surface area contributed by atoms with Gasteiger partial charge in [0.25, 0.3) is 5.91 Å². The van der Waals surface area contributed by atoms with E-state index in [2.05, 4.69) is 24.2 Å². The van der Waals surface area contributed by atoms with Gasteiger partial charge in [-0.1, -0.05) is 37.5 Å². The molecule has 0 saturated heterocycles. The molecule has 2 amide bonds. The van der Waals surface area contributed by atoms with Crippen LogP contribution in [0.1, 0.15) is 57.3 Å². The fourth-order valence-corrected chi connectivity index (χ4v) is 1.74. The molecular formula is C18H24N2O2. The number of hydrazine groups is 1. The molecular weight excluding hydrogens is 276 g/mol. The zero-order valence-electron chi connectivity index (χ0n) is 13.8. The van der Waals surface area contributed by atoms with Crippen molar-refractivity contribution in [1.82, 2.24) is 10.4 Å². The van der Waals surface area contributed by atoms with Crippen molar-refractivity contribution in [2.75, 3.05) is 0 Å². The second-order valence-electron chi connectivity index (χ2n) is 6.02. The molecule has 0 unspecified atom stereocenters. The third-order valence-electron chi connectivity index (χ3n) is 2.97. The van der Waals surface area contributed by atoms with Crippen LogP contribution >= 0.6 is 0 Å². The lowest BCUT2D eigenvalue weighted by molar-refractivity contribution is -0.132. The number of nitrogens with zero attached hydrogens (tertiary/aromatic N) is 1. The summed E-state index contributed by atoms with van der Waals surface area (Å²) in [6.07, 6.45) is 2.69. The Balaban J connectivity index is 2.83. The number of carbonyl (C=O) groups is 2. The van der Waals surface area contributed by atoms with Crippen LogP contribution in [0.2, 0.25) is 0 Å². The first-order valence-corrected chi connectivity index (χ1v) is 7.55. The largest absolute Gasteiger partial charge is 0.317 e. The van der Waals surface area contributed by atoms with Gasteiger partial charge in [0.2, 0.25) is 0 Å². The third kappa shape index (κ3) is 5.61. The topological polar surface area (TPSA) is 49.4 Å². The lowest BCUT2D eigenvalue weighted by Gasteiger charge is -2.33. The van der Waals surface area contributed by atoms with Gasteiger partial charge in [-0.15, -0.1) is 0 Å². The molecule has 1 rings (SSSR count). The number of unbranched alkanes of at least 4 members (excludes halogenated alkanes) is 2. The van der Waals surface area contributed by atoms with Gasteiger partial charge in [0, 0.05) is 12.0 Å². The van der Waals surface area contributed by atoms with Gasteiger partial charge in [-0.05, 0) is 45.2 Å². The summed E-state index contributed by atoms with van der Waals surface area (Å²) in [6, 6.07) is 8.80. The van der Waals surface area contributed by atoms with Crippen molar-refractivity contribution < 1.29 is 9.59 Å². The van der Waals surface area contributed by atoms with E-state index >= 15 is 0 Å². The molecule has 118 valence electrons. The summed E-state index contributed by atoms with van der Waals surface area (Å²) in [5.41, 5.74) is 2.60. The number of carbonyl (C=O) groups excluding carboxylic acids is 2. The zero-order chi connectivity index (χ0) is 16.6. The molecule has 0 bridgehead atoms. The molecule has 1 aromatic rings. The molecule has 1 N–H and O–H groups in total. The highest BCUT2D eigenvalue weighted by atomic mass is 16.2. The Morgan fingerprint density at radius 1 is 1.18 bits per heavy atom. The van der Waals surface area contributed by atoms with Gasteiger partial charge < -0.3 is 0 Å². The Morgan fingerprint density at radius 3 is 2.36 bits per heavy atom. The Kier molecular flexibility index (Phi) is 6.65. The number of benzene rings is 1. The highest BCUT2D eigenvalue weighted by Crippen LogP contribution is 2.11. The molecule has 0 saturated carbocycles. The first-order chi connectivity index (χ1) is 10.4. The average molecular weight is 300 g/mol. The summed E-state index contributed by atoms with van der Waals surface area (Å²) in [6.45, 7) is 7.63. The minimum atomic E-state index is -0.555. The fraction of sp³-hybridized carbons (Fsp3) is 0.444. The smallest absolute Gasteiger partial charge is 0.267 e. The van der Waals surface area contributed by atoms with Crippen LogP contribution in [0.25, 0.3) is 0 Å². The molecule has 0 aromatic heterocycles. The number of nitrogens with one attached hydrogen (secondary N) is 1. The van der Waals surface area contributed by atoms with Crippen LogP contribution in [0.15, 0.2) is 30.3 Å². The average Bonchev–Trinajstić information content (AvgIpc) is 2.48. The third-order valence-corrected chi connectivity index (χ3v) is 2.97. The summed E-state index contributed by atoms with van der Waals surface area (Å²) in [7, 11) is 0. The lowest BCUT2D eigenvalue weighted by atomic mass is 10.1. The summed E-state index contributed by atoms with van der Waals surface area (Å²) in [5, 5.41) is 1.29. The molecule has 4 nitrogen and oxygen atoms in total. The van der Waals surface area contributed by atoms with Gasteiger partial charge in [-0.3, -0.25) is 15.0 Å². The van der Waals surface area contributed by atoms with Crippen molar-refractivity contribution in [1.29, 1.82) is 0 Å². The molecule has 0 spiro atoms. The second kappa shape index (κ2) is 8.23. The van der Waals surface area contributed by atoms with Crippen molar-refractivity contribution >= 4 is 11.8 Å². The lowest BCUT2D eigenvalue weighted by Crippen LogP contribution is -2.55. The monoisotopic (exact) mass is 300 g/mol. The summed E-state index contributed by atoms with van der Waals surface area (Å²) in [5.74, 6) is 4.75. The number of amides is 2. The van der Waals surface area contributed by atoms with Crippen LogP contribution in [0.4, 0.5) is 0 Å². The van der Waals surface area contributed by atoms with E-state index in [1.807, 2.05) is 26.8 Å². The molecule has 22 heavy (non-hydrogen) atoms. The Bertz CT molecular complexity index is 562. The molecule has 0 aliphatic rings. The van der Waals surface area contributed by atoms with E-state index in [0.29, 0.717) is 12.0 Å². The van der Waals surface area contributed by atoms with Crippen molar-refractivity contribution in [2.24, 2.45) is 0 Å². The molecule has 0 fully saturated rings. The number of hydrogen-bond donors (Lipinski definition) is 1. The maximum Gasteiger partial charge on any atom is 0.317 e. The van der Waals surface area contributed by atoms with Crippen molar-refractivity contribution in [2.45, 2.75) is 52.5 Å². The van der Waals surface area contributed by atoms with E-state index in [4.69, 9.17) is 0 Å². The van der Waals surface area contributed by atoms with E-state index in [1.54, 1.807) is 24.3 Å². The molecule has 0 radical (unpaired) electrons. The van der Waals surface area contributed by atoms with Crippen LogP contribution < -0.4 is 5.43 Å². The quantitative estimate of drug-likeness (QED) is 0.529. The highest BCUT2D eigenvalue weighted by Gasteiger charge is 2.27. The maximum atomic E-state index is 12.3. The van der Waals surface area contributed by atoms with E-state index in [1.165, 1.54) is 5.01 Å².